The summed E-state index contributed by atoms with van der Waals surface area (Å²) < 4.78 is 5.02. The van der Waals surface area contributed by atoms with E-state index in [0.29, 0.717) is 18.8 Å². The molecule has 5 nitrogen and oxygen atoms in total. The second-order valence-electron chi connectivity index (χ2n) is 3.13. The van der Waals surface area contributed by atoms with Crippen LogP contribution in [0.3, 0.4) is 0 Å². The van der Waals surface area contributed by atoms with Crippen LogP contribution in [-0.4, -0.2) is 30.5 Å². The van der Waals surface area contributed by atoms with Gasteiger partial charge in [-0.15, -0.1) is 0 Å². The molecule has 0 aliphatic carbocycles. The van der Waals surface area contributed by atoms with Gasteiger partial charge >= 0.3 is 0 Å². The highest BCUT2D eigenvalue weighted by molar-refractivity contribution is 5.83. The smallest absolute Gasteiger partial charge is 0.162 e. The Kier molecular flexibility index (Phi) is 4.73. The molecule has 0 unspecified atom stereocenters. The van der Waals surface area contributed by atoms with Gasteiger partial charge in [0.05, 0.1) is 6.61 Å². The second-order valence-corrected chi connectivity index (χ2v) is 3.13. The number of Topliss-reactive ketones (excluding diaryl/α,β-unsaturated/α-hetero) is 1. The molecule has 1 aromatic rings. The Morgan fingerprint density at radius 1 is 1.53 bits per heavy atom. The number of rotatable bonds is 6. The zero-order valence-corrected chi connectivity index (χ0v) is 8.48. The minimum absolute atomic E-state index is 0.0249. The van der Waals surface area contributed by atoms with Gasteiger partial charge in [0.25, 0.3) is 0 Å². The molecule has 4 N–H and O–H groups in total. The van der Waals surface area contributed by atoms with E-state index in [1.54, 1.807) is 18.5 Å². The number of carbonyl (C=O) groups excluding carboxylic acids is 1. The molecule has 5 heteroatoms. The minimum atomic E-state index is -0.0249. The fourth-order valence-corrected chi connectivity index (χ4v) is 1.12. The van der Waals surface area contributed by atoms with Gasteiger partial charge in [-0.1, -0.05) is 0 Å². The summed E-state index contributed by atoms with van der Waals surface area (Å²) in [6.45, 7) is 0.891. The Bertz CT molecular complexity index is 328. The lowest BCUT2D eigenvalue weighted by atomic mass is 10.1. The monoisotopic (exact) mass is 209 g/mol. The number of nitrogens with two attached hydrogens (primary N) is 2. The van der Waals surface area contributed by atoms with E-state index in [2.05, 4.69) is 4.98 Å². The van der Waals surface area contributed by atoms with Gasteiger partial charge in [0.15, 0.2) is 5.78 Å². The quantitative estimate of drug-likeness (QED) is 0.630. The van der Waals surface area contributed by atoms with Crippen LogP contribution >= 0.6 is 0 Å². The zero-order chi connectivity index (χ0) is 11.1. The van der Waals surface area contributed by atoms with Gasteiger partial charge in [0.1, 0.15) is 6.61 Å². The van der Waals surface area contributed by atoms with E-state index in [-0.39, 0.29) is 18.8 Å². The molecule has 1 rings (SSSR count). The van der Waals surface area contributed by atoms with Crippen molar-refractivity contribution >= 4 is 11.5 Å². The maximum absolute atomic E-state index is 11.4. The zero-order valence-electron chi connectivity index (χ0n) is 8.48. The van der Waals surface area contributed by atoms with Crippen LogP contribution in [0.4, 0.5) is 5.69 Å². The molecule has 0 aliphatic heterocycles. The maximum atomic E-state index is 11.4. The fourth-order valence-electron chi connectivity index (χ4n) is 1.12. The summed E-state index contributed by atoms with van der Waals surface area (Å²) in [7, 11) is 0. The summed E-state index contributed by atoms with van der Waals surface area (Å²) in [6.07, 6.45) is 3.44. The lowest BCUT2D eigenvalue weighted by molar-refractivity contribution is -0.122. The van der Waals surface area contributed by atoms with Gasteiger partial charge in [0.2, 0.25) is 0 Å². The summed E-state index contributed by atoms with van der Waals surface area (Å²) >= 11 is 0. The molecule has 1 aromatic heterocycles. The van der Waals surface area contributed by atoms with E-state index >= 15 is 0 Å². The molecule has 0 amide bonds. The van der Waals surface area contributed by atoms with E-state index in [9.17, 15) is 4.79 Å². The van der Waals surface area contributed by atoms with E-state index in [1.807, 2.05) is 0 Å². The van der Waals surface area contributed by atoms with Crippen LogP contribution in [0.15, 0.2) is 18.5 Å². The average Bonchev–Trinajstić information content (AvgIpc) is 2.22. The largest absolute Gasteiger partial charge is 0.398 e. The van der Waals surface area contributed by atoms with Crippen LogP contribution < -0.4 is 11.5 Å². The molecule has 1 heterocycles. The first-order valence-electron chi connectivity index (χ1n) is 4.72. The first-order valence-corrected chi connectivity index (χ1v) is 4.72. The van der Waals surface area contributed by atoms with Crippen LogP contribution in [0.25, 0.3) is 0 Å². The lowest BCUT2D eigenvalue weighted by Crippen LogP contribution is -2.16. The van der Waals surface area contributed by atoms with Crippen LogP contribution in [0, 0.1) is 0 Å². The molecule has 0 atom stereocenters. The van der Waals surface area contributed by atoms with Crippen molar-refractivity contribution in [1.82, 2.24) is 4.98 Å². The van der Waals surface area contributed by atoms with Gasteiger partial charge in [-0.05, 0) is 6.07 Å². The highest BCUT2D eigenvalue weighted by Gasteiger charge is 2.06. The van der Waals surface area contributed by atoms with Crippen molar-refractivity contribution in [1.29, 1.82) is 0 Å². The SMILES string of the molecule is NCCOCC(=O)Cc1cnccc1N. The first kappa shape index (κ1) is 11.6. The Balaban J connectivity index is 2.41. The standard InChI is InChI=1S/C10H15N3O2/c11-2-4-15-7-9(14)5-8-6-13-3-1-10(8)12/h1,3,6H,2,4-5,7,11H2,(H2,12,13). The molecule has 0 saturated heterocycles. The van der Waals surface area contributed by atoms with Crippen molar-refractivity contribution in [2.24, 2.45) is 5.73 Å². The van der Waals surface area contributed by atoms with Crippen molar-refractivity contribution in [2.45, 2.75) is 6.42 Å². The third-order valence-electron chi connectivity index (χ3n) is 1.85. The van der Waals surface area contributed by atoms with Crippen LogP contribution in [0.2, 0.25) is 0 Å². The lowest BCUT2D eigenvalue weighted by Gasteiger charge is -2.04. The third-order valence-corrected chi connectivity index (χ3v) is 1.85. The Morgan fingerprint density at radius 3 is 3.00 bits per heavy atom. The fraction of sp³-hybridized carbons (Fsp3) is 0.400. The predicted octanol–water partition coefficient (Wildman–Crippen LogP) is -0.249. The number of pyridine rings is 1. The molecular formula is C10H15N3O2. The average molecular weight is 209 g/mol. The highest BCUT2D eigenvalue weighted by Crippen LogP contribution is 2.09. The predicted molar refractivity (Wildman–Crippen MR) is 57.2 cm³/mol. The van der Waals surface area contributed by atoms with Crippen LogP contribution in [0.5, 0.6) is 0 Å². The first-order chi connectivity index (χ1) is 7.24. The van der Waals surface area contributed by atoms with Gasteiger partial charge < -0.3 is 16.2 Å². The summed E-state index contributed by atoms with van der Waals surface area (Å²) in [5, 5.41) is 0. The summed E-state index contributed by atoms with van der Waals surface area (Å²) in [5.74, 6) is -0.0249. The van der Waals surface area contributed by atoms with Crippen molar-refractivity contribution in [2.75, 3.05) is 25.5 Å². The van der Waals surface area contributed by atoms with E-state index in [4.69, 9.17) is 16.2 Å². The summed E-state index contributed by atoms with van der Waals surface area (Å²) in [4.78, 5) is 15.3. The summed E-state index contributed by atoms with van der Waals surface area (Å²) in [5.41, 5.74) is 12.2. The van der Waals surface area contributed by atoms with E-state index in [1.165, 1.54) is 0 Å². The normalized spacial score (nSPS) is 10.2. The number of anilines is 1. The molecule has 0 fully saturated rings. The molecule has 0 radical (unpaired) electrons. The van der Waals surface area contributed by atoms with E-state index < -0.39 is 0 Å². The number of hydrogen-bond donors (Lipinski definition) is 2. The highest BCUT2D eigenvalue weighted by atomic mass is 16.5. The number of aromatic nitrogens is 1. The van der Waals surface area contributed by atoms with Crippen LogP contribution in [-0.2, 0) is 16.0 Å². The Labute approximate surface area is 88.4 Å². The van der Waals surface area contributed by atoms with Gasteiger partial charge in [-0.25, -0.2) is 0 Å². The Morgan fingerprint density at radius 2 is 2.33 bits per heavy atom. The Hall–Kier alpha value is -1.46. The molecule has 15 heavy (non-hydrogen) atoms. The molecule has 0 aliphatic rings. The maximum Gasteiger partial charge on any atom is 0.162 e. The van der Waals surface area contributed by atoms with Crippen molar-refractivity contribution in [3.63, 3.8) is 0 Å². The molecule has 0 aromatic carbocycles. The summed E-state index contributed by atoms with van der Waals surface area (Å²) in [6, 6.07) is 1.67. The number of nitrogens with zero attached hydrogens (tertiary/aromatic N) is 1. The molecule has 82 valence electrons. The number of carbonyl (C=O) groups is 1. The van der Waals surface area contributed by atoms with Gasteiger partial charge in [-0.3, -0.25) is 9.78 Å². The van der Waals surface area contributed by atoms with Crippen molar-refractivity contribution < 1.29 is 9.53 Å². The molecule has 0 saturated carbocycles. The number of nitrogen functional groups attached to an aromatic ring is 1. The van der Waals surface area contributed by atoms with Crippen molar-refractivity contribution in [3.05, 3.63) is 24.0 Å². The van der Waals surface area contributed by atoms with E-state index in [0.717, 1.165) is 5.56 Å². The molecule has 0 bridgehead atoms. The third kappa shape index (κ3) is 4.05. The van der Waals surface area contributed by atoms with Gasteiger partial charge in [-0.2, -0.15) is 0 Å². The molecule has 0 spiro atoms. The van der Waals surface area contributed by atoms with Gasteiger partial charge in [0, 0.05) is 36.6 Å². The van der Waals surface area contributed by atoms with Crippen molar-refractivity contribution in [3.8, 4) is 0 Å². The van der Waals surface area contributed by atoms with Crippen LogP contribution in [0.1, 0.15) is 5.56 Å². The number of hydrogen-bond acceptors (Lipinski definition) is 5. The molecular weight excluding hydrogens is 194 g/mol. The minimum Gasteiger partial charge on any atom is -0.398 e. The number of ketones is 1. The topological polar surface area (TPSA) is 91.2 Å². The number of ether oxygens (including phenoxy) is 1. The second kappa shape index (κ2) is 6.10.